The lowest BCUT2D eigenvalue weighted by Gasteiger charge is -2.21. The molecule has 70 valence electrons. The molecule has 1 atom stereocenters. The monoisotopic (exact) mass is 178 g/mol. The molecule has 0 aliphatic carbocycles. The molecule has 4 nitrogen and oxygen atoms in total. The van der Waals surface area contributed by atoms with Crippen LogP contribution in [0.2, 0.25) is 0 Å². The lowest BCUT2D eigenvalue weighted by Crippen LogP contribution is -2.47. The molecule has 0 amide bonds. The van der Waals surface area contributed by atoms with E-state index < -0.39 is 23.5 Å². The highest BCUT2D eigenvalue weighted by Gasteiger charge is 2.51. The van der Waals surface area contributed by atoms with Gasteiger partial charge in [0, 0.05) is 5.92 Å². The van der Waals surface area contributed by atoms with Crippen molar-refractivity contribution in [3.63, 3.8) is 0 Å². The topological polar surface area (TPSA) is 74.6 Å². The maximum atomic E-state index is 13.2. The molecule has 0 rings (SSSR count). The maximum Gasteiger partial charge on any atom is 0.353 e. The van der Waals surface area contributed by atoms with Crippen molar-refractivity contribution >= 4 is 11.9 Å². The molecule has 0 saturated carbocycles. The summed E-state index contributed by atoms with van der Waals surface area (Å²) in [5.74, 6) is -4.92. The van der Waals surface area contributed by atoms with Gasteiger partial charge in [0.2, 0.25) is 0 Å². The van der Waals surface area contributed by atoms with Crippen molar-refractivity contribution in [2.45, 2.75) is 25.9 Å². The summed E-state index contributed by atoms with van der Waals surface area (Å²) in [5.41, 5.74) is -3.16. The Morgan fingerprint density at radius 3 is 1.83 bits per heavy atom. The number of hydrogen-bond acceptors (Lipinski definition) is 2. The van der Waals surface area contributed by atoms with Gasteiger partial charge in [-0.05, 0) is 6.42 Å². The Morgan fingerprint density at radius 1 is 1.42 bits per heavy atom. The van der Waals surface area contributed by atoms with Gasteiger partial charge in [0.05, 0.1) is 0 Å². The van der Waals surface area contributed by atoms with E-state index in [0.717, 1.165) is 0 Å². The van der Waals surface area contributed by atoms with Crippen LogP contribution in [0.25, 0.3) is 0 Å². The van der Waals surface area contributed by atoms with Crippen LogP contribution in [-0.4, -0.2) is 27.8 Å². The third-order valence-electron chi connectivity index (χ3n) is 1.91. The van der Waals surface area contributed by atoms with E-state index in [9.17, 15) is 14.0 Å². The number of rotatable bonds is 4. The third-order valence-corrected chi connectivity index (χ3v) is 1.91. The normalized spacial score (nSPS) is 13.9. The Balaban J connectivity index is 4.87. The van der Waals surface area contributed by atoms with Crippen LogP contribution in [0.1, 0.15) is 20.3 Å². The molecule has 0 fully saturated rings. The van der Waals surface area contributed by atoms with Crippen molar-refractivity contribution in [3.05, 3.63) is 0 Å². The molecule has 0 aromatic rings. The molecule has 0 aliphatic rings. The van der Waals surface area contributed by atoms with Gasteiger partial charge in [-0.15, -0.1) is 0 Å². The van der Waals surface area contributed by atoms with Gasteiger partial charge in [-0.1, -0.05) is 13.8 Å². The van der Waals surface area contributed by atoms with Gasteiger partial charge in [-0.25, -0.2) is 14.0 Å². The Morgan fingerprint density at radius 2 is 1.75 bits per heavy atom. The predicted molar refractivity (Wildman–Crippen MR) is 38.6 cm³/mol. The van der Waals surface area contributed by atoms with Crippen LogP contribution in [0.4, 0.5) is 4.39 Å². The third kappa shape index (κ3) is 1.54. The van der Waals surface area contributed by atoms with Crippen LogP contribution in [0, 0.1) is 5.92 Å². The van der Waals surface area contributed by atoms with Crippen LogP contribution in [0.15, 0.2) is 0 Å². The van der Waals surface area contributed by atoms with Crippen LogP contribution < -0.4 is 0 Å². The summed E-state index contributed by atoms with van der Waals surface area (Å²) in [6, 6.07) is 0. The largest absolute Gasteiger partial charge is 0.478 e. The quantitative estimate of drug-likeness (QED) is 0.627. The van der Waals surface area contributed by atoms with Crippen molar-refractivity contribution in [2.24, 2.45) is 5.92 Å². The molecule has 0 unspecified atom stereocenters. The highest BCUT2D eigenvalue weighted by molar-refractivity contribution is 6.02. The van der Waals surface area contributed by atoms with Gasteiger partial charge in [0.25, 0.3) is 0 Å². The Labute approximate surface area is 69.0 Å². The number of carbonyl (C=O) groups is 2. The number of hydrogen-bond donors (Lipinski definition) is 2. The molecule has 0 heterocycles. The highest BCUT2D eigenvalue weighted by Crippen LogP contribution is 2.25. The molecule has 0 aromatic heterocycles. The fraction of sp³-hybridized carbons (Fsp3) is 0.714. The average molecular weight is 178 g/mol. The van der Waals surface area contributed by atoms with Crippen molar-refractivity contribution < 1.29 is 24.2 Å². The van der Waals surface area contributed by atoms with Crippen LogP contribution in [0.5, 0.6) is 0 Å². The minimum absolute atomic E-state index is 0.162. The second-order valence-corrected chi connectivity index (χ2v) is 2.63. The Bertz CT molecular complexity index is 188. The van der Waals surface area contributed by atoms with E-state index in [-0.39, 0.29) is 6.42 Å². The lowest BCUT2D eigenvalue weighted by molar-refractivity contribution is -0.171. The highest BCUT2D eigenvalue weighted by atomic mass is 19.1. The molecule has 5 heteroatoms. The summed E-state index contributed by atoms with van der Waals surface area (Å²) >= 11 is 0. The van der Waals surface area contributed by atoms with E-state index in [4.69, 9.17) is 10.2 Å². The van der Waals surface area contributed by atoms with Gasteiger partial charge in [0.1, 0.15) is 0 Å². The van der Waals surface area contributed by atoms with Crippen LogP contribution in [0.3, 0.4) is 0 Å². The zero-order chi connectivity index (χ0) is 9.94. The van der Waals surface area contributed by atoms with E-state index in [2.05, 4.69) is 0 Å². The molecule has 12 heavy (non-hydrogen) atoms. The smallest absolute Gasteiger partial charge is 0.353 e. The van der Waals surface area contributed by atoms with Crippen molar-refractivity contribution in [3.8, 4) is 0 Å². The first-order valence-electron chi connectivity index (χ1n) is 3.53. The number of halogens is 1. The van der Waals surface area contributed by atoms with Crippen molar-refractivity contribution in [2.75, 3.05) is 0 Å². The zero-order valence-electron chi connectivity index (χ0n) is 6.87. The Kier molecular flexibility index (Phi) is 3.18. The first-order valence-corrected chi connectivity index (χ1v) is 3.53. The molecular weight excluding hydrogens is 167 g/mol. The average Bonchev–Trinajstić information content (AvgIpc) is 2.00. The van der Waals surface area contributed by atoms with E-state index >= 15 is 0 Å². The summed E-state index contributed by atoms with van der Waals surface area (Å²) in [6.45, 7) is 2.78. The molecule has 0 spiro atoms. The molecule has 0 saturated heterocycles. The van der Waals surface area contributed by atoms with Gasteiger partial charge in [0.15, 0.2) is 0 Å². The molecular formula is C7H11FO4. The van der Waals surface area contributed by atoms with Crippen LogP contribution in [-0.2, 0) is 9.59 Å². The molecule has 2 N–H and O–H groups in total. The molecule has 0 aromatic carbocycles. The molecule has 0 radical (unpaired) electrons. The van der Waals surface area contributed by atoms with Gasteiger partial charge >= 0.3 is 17.6 Å². The summed E-state index contributed by atoms with van der Waals surface area (Å²) in [6.07, 6.45) is 0.162. The molecule has 0 aliphatic heterocycles. The summed E-state index contributed by atoms with van der Waals surface area (Å²) in [4.78, 5) is 20.6. The minimum Gasteiger partial charge on any atom is -0.478 e. The summed E-state index contributed by atoms with van der Waals surface area (Å²) in [7, 11) is 0. The van der Waals surface area contributed by atoms with E-state index in [1.54, 1.807) is 0 Å². The molecule has 0 bridgehead atoms. The fourth-order valence-electron chi connectivity index (χ4n) is 0.794. The van der Waals surface area contributed by atoms with Gasteiger partial charge in [-0.2, -0.15) is 0 Å². The van der Waals surface area contributed by atoms with Gasteiger partial charge in [-0.3, -0.25) is 0 Å². The zero-order valence-corrected chi connectivity index (χ0v) is 6.87. The predicted octanol–water partition coefficient (Wildman–Crippen LogP) is 0.910. The lowest BCUT2D eigenvalue weighted by atomic mass is 9.89. The second-order valence-electron chi connectivity index (χ2n) is 2.63. The van der Waals surface area contributed by atoms with E-state index in [0.29, 0.717) is 0 Å². The van der Waals surface area contributed by atoms with E-state index in [1.807, 2.05) is 0 Å². The second kappa shape index (κ2) is 3.51. The number of carboxylic acid groups (broad SMARTS) is 2. The number of alkyl halides is 1. The SMILES string of the molecule is CC[C@H](C)C(F)(C(=O)O)C(=O)O. The van der Waals surface area contributed by atoms with Gasteiger partial charge < -0.3 is 10.2 Å². The van der Waals surface area contributed by atoms with Crippen LogP contribution >= 0.6 is 0 Å². The maximum absolute atomic E-state index is 13.2. The fourth-order valence-corrected chi connectivity index (χ4v) is 0.794. The Hall–Kier alpha value is -1.13. The minimum atomic E-state index is -3.16. The number of carboxylic acids is 2. The standard InChI is InChI=1S/C7H11FO4/c1-3-4(2)7(8,5(9)10)6(11)12/h4H,3H2,1-2H3,(H,9,10)(H,11,12)/t4-/m0/s1. The number of aliphatic carboxylic acids is 2. The first kappa shape index (κ1) is 10.9. The van der Waals surface area contributed by atoms with E-state index in [1.165, 1.54) is 13.8 Å². The summed E-state index contributed by atoms with van der Waals surface area (Å²) < 4.78 is 13.2. The summed E-state index contributed by atoms with van der Waals surface area (Å²) in [5, 5.41) is 16.7. The van der Waals surface area contributed by atoms with Crippen molar-refractivity contribution in [1.82, 2.24) is 0 Å². The van der Waals surface area contributed by atoms with Crippen molar-refractivity contribution in [1.29, 1.82) is 0 Å². The first-order chi connectivity index (χ1) is 5.37.